The van der Waals surface area contributed by atoms with E-state index in [4.69, 9.17) is 5.73 Å². The van der Waals surface area contributed by atoms with Crippen molar-refractivity contribution in [3.63, 3.8) is 0 Å². The van der Waals surface area contributed by atoms with Crippen LogP contribution in [0.3, 0.4) is 0 Å². The summed E-state index contributed by atoms with van der Waals surface area (Å²) in [4.78, 5) is 4.62. The van der Waals surface area contributed by atoms with Gasteiger partial charge in [-0.1, -0.05) is 133 Å². The summed E-state index contributed by atoms with van der Waals surface area (Å²) in [7, 11) is 0. The topological polar surface area (TPSA) is 67.2 Å². The molecule has 0 saturated carbocycles. The second-order valence-electron chi connectivity index (χ2n) is 11.0. The molecule has 0 fully saturated rings. The van der Waals surface area contributed by atoms with Crippen molar-refractivity contribution in [1.29, 1.82) is 5.41 Å². The minimum Gasteiger partial charge on any atom is -0.383 e. The highest BCUT2D eigenvalue weighted by Crippen LogP contribution is 2.57. The molecule has 4 heteroatoms. The van der Waals surface area contributed by atoms with Crippen molar-refractivity contribution >= 4 is 33.6 Å². The monoisotopic (exact) mass is 552 g/mol. The van der Waals surface area contributed by atoms with E-state index in [9.17, 15) is 5.41 Å². The fourth-order valence-electron chi connectivity index (χ4n) is 6.97. The van der Waals surface area contributed by atoms with Crippen LogP contribution in [0.5, 0.6) is 0 Å². The molecule has 1 aliphatic rings. The lowest BCUT2D eigenvalue weighted by Crippen LogP contribution is -2.28. The van der Waals surface area contributed by atoms with Crippen LogP contribution in [-0.4, -0.2) is 16.4 Å². The van der Waals surface area contributed by atoms with Crippen LogP contribution in [-0.2, 0) is 5.41 Å². The second kappa shape index (κ2) is 9.68. The molecule has 0 radical (unpaired) electrons. The van der Waals surface area contributed by atoms with Gasteiger partial charge in [0.15, 0.2) is 0 Å². The van der Waals surface area contributed by atoms with Gasteiger partial charge in [-0.3, -0.25) is 9.98 Å². The summed E-state index contributed by atoms with van der Waals surface area (Å²) in [6.07, 6.45) is 0. The SMILES string of the molecule is N=C(/N=C(\N)c1ccccc1)n1c2ccccc2c2cc3c(cc21)C(c1ccccc1)(c1ccccc1)c1ccccc1-3. The van der Waals surface area contributed by atoms with Gasteiger partial charge in [0.2, 0.25) is 5.96 Å². The van der Waals surface area contributed by atoms with Crippen molar-refractivity contribution in [2.45, 2.75) is 5.41 Å². The number of hydrogen-bond acceptors (Lipinski definition) is 1. The molecule has 0 unspecified atom stereocenters. The van der Waals surface area contributed by atoms with E-state index in [2.05, 4.69) is 120 Å². The quantitative estimate of drug-likeness (QED) is 0.168. The second-order valence-corrected chi connectivity index (χ2v) is 11.0. The van der Waals surface area contributed by atoms with Crippen molar-refractivity contribution in [1.82, 2.24) is 4.57 Å². The maximum atomic E-state index is 9.24. The zero-order chi connectivity index (χ0) is 29.0. The van der Waals surface area contributed by atoms with E-state index in [-0.39, 0.29) is 5.96 Å². The zero-order valence-corrected chi connectivity index (χ0v) is 23.4. The summed E-state index contributed by atoms with van der Waals surface area (Å²) in [5, 5.41) is 11.4. The number of nitrogens with two attached hydrogens (primary N) is 1. The highest BCUT2D eigenvalue weighted by atomic mass is 15.2. The van der Waals surface area contributed by atoms with Crippen molar-refractivity contribution < 1.29 is 0 Å². The molecule has 0 atom stereocenters. The minimum absolute atomic E-state index is 0.0769. The van der Waals surface area contributed by atoms with Crippen molar-refractivity contribution in [3.8, 4) is 11.1 Å². The van der Waals surface area contributed by atoms with E-state index < -0.39 is 5.41 Å². The van der Waals surface area contributed by atoms with E-state index in [1.807, 2.05) is 41.0 Å². The highest BCUT2D eigenvalue weighted by Gasteiger charge is 2.46. The lowest BCUT2D eigenvalue weighted by molar-refractivity contribution is 0.769. The molecule has 0 saturated heterocycles. The molecule has 0 bridgehead atoms. The summed E-state index contributed by atoms with van der Waals surface area (Å²) >= 11 is 0. The van der Waals surface area contributed by atoms with Crippen LogP contribution >= 0.6 is 0 Å². The Hall–Kier alpha value is -5.74. The third-order valence-electron chi connectivity index (χ3n) is 8.76. The Balaban J connectivity index is 1.47. The van der Waals surface area contributed by atoms with Crippen LogP contribution < -0.4 is 5.73 Å². The molecule has 4 nitrogen and oxygen atoms in total. The first-order valence-electron chi connectivity index (χ1n) is 14.4. The van der Waals surface area contributed by atoms with Crippen LogP contribution in [0, 0.1) is 5.41 Å². The normalized spacial score (nSPS) is 13.6. The Morgan fingerprint density at radius 3 is 1.84 bits per heavy atom. The fourth-order valence-corrected chi connectivity index (χ4v) is 6.97. The Kier molecular flexibility index (Phi) is 5.63. The van der Waals surface area contributed by atoms with Gasteiger partial charge in [0.05, 0.1) is 16.4 Å². The Bertz CT molecular complexity index is 2150. The molecule has 6 aromatic carbocycles. The Morgan fingerprint density at radius 2 is 1.14 bits per heavy atom. The van der Waals surface area contributed by atoms with Crippen LogP contribution in [0.15, 0.2) is 157 Å². The number of hydrogen-bond donors (Lipinski definition) is 2. The molecule has 204 valence electrons. The molecular formula is C39H28N4. The van der Waals surface area contributed by atoms with Gasteiger partial charge < -0.3 is 5.73 Å². The molecule has 3 N–H and O–H groups in total. The molecule has 8 rings (SSSR count). The van der Waals surface area contributed by atoms with E-state index in [0.717, 1.165) is 27.4 Å². The number of amidine groups is 1. The predicted octanol–water partition coefficient (Wildman–Crippen LogP) is 8.35. The van der Waals surface area contributed by atoms with E-state index in [1.54, 1.807) is 0 Å². The number of aliphatic imine (C=N–C) groups is 1. The number of rotatable bonds is 3. The largest absolute Gasteiger partial charge is 0.383 e. The average molecular weight is 553 g/mol. The number of nitrogens with one attached hydrogen (secondary N) is 1. The zero-order valence-electron chi connectivity index (χ0n) is 23.4. The number of para-hydroxylation sites is 1. The van der Waals surface area contributed by atoms with Gasteiger partial charge in [-0.2, -0.15) is 4.99 Å². The van der Waals surface area contributed by atoms with Gasteiger partial charge >= 0.3 is 0 Å². The molecule has 0 aliphatic heterocycles. The molecule has 7 aromatic rings. The fraction of sp³-hybridized carbons (Fsp3) is 0.0256. The maximum Gasteiger partial charge on any atom is 0.229 e. The van der Waals surface area contributed by atoms with Crippen molar-refractivity contribution in [2.24, 2.45) is 10.7 Å². The smallest absolute Gasteiger partial charge is 0.229 e. The summed E-state index contributed by atoms with van der Waals surface area (Å²) in [5.74, 6) is 0.390. The third-order valence-corrected chi connectivity index (χ3v) is 8.76. The van der Waals surface area contributed by atoms with Crippen LogP contribution in [0.4, 0.5) is 0 Å². The summed E-state index contributed by atoms with van der Waals surface area (Å²) in [5.41, 5.74) is 15.8. The van der Waals surface area contributed by atoms with Gasteiger partial charge in [0.25, 0.3) is 0 Å². The minimum atomic E-state index is -0.529. The number of aromatic nitrogens is 1. The van der Waals surface area contributed by atoms with Gasteiger partial charge in [-0.05, 0) is 51.6 Å². The lowest BCUT2D eigenvalue weighted by Gasteiger charge is -2.34. The first-order chi connectivity index (χ1) is 21.2. The van der Waals surface area contributed by atoms with E-state index >= 15 is 0 Å². The van der Waals surface area contributed by atoms with Crippen molar-refractivity contribution in [2.75, 3.05) is 0 Å². The number of fused-ring (bicyclic) bond motifs is 6. The molecule has 1 heterocycles. The number of nitrogens with zero attached hydrogens (tertiary/aromatic N) is 2. The third kappa shape index (κ3) is 3.63. The molecule has 0 spiro atoms. The summed E-state index contributed by atoms with van der Waals surface area (Å²) in [6, 6.07) is 52.7. The van der Waals surface area contributed by atoms with Crippen LogP contribution in [0.1, 0.15) is 27.8 Å². The standard InChI is InChI=1S/C39H28N4/c40-37(26-14-4-1-5-15-26)42-38(41)43-35-23-13-11-21-30(35)32-24-31-29-20-10-12-22-33(29)39(34(31)25-36(32)43,27-16-6-2-7-17-27)28-18-8-3-9-19-28/h1-25H,(H3,40,41,42). The van der Waals surface area contributed by atoms with Gasteiger partial charge in [-0.15, -0.1) is 0 Å². The Morgan fingerprint density at radius 1 is 0.558 bits per heavy atom. The summed E-state index contributed by atoms with van der Waals surface area (Å²) in [6.45, 7) is 0. The molecule has 1 aromatic heterocycles. The first kappa shape index (κ1) is 25.0. The molecule has 43 heavy (non-hydrogen) atoms. The van der Waals surface area contributed by atoms with Gasteiger partial charge in [0, 0.05) is 16.3 Å². The van der Waals surface area contributed by atoms with Crippen LogP contribution in [0.25, 0.3) is 32.9 Å². The predicted molar refractivity (Wildman–Crippen MR) is 177 cm³/mol. The average Bonchev–Trinajstić information content (AvgIpc) is 3.55. The first-order valence-corrected chi connectivity index (χ1v) is 14.4. The maximum absolute atomic E-state index is 9.24. The van der Waals surface area contributed by atoms with Gasteiger partial charge in [-0.25, -0.2) is 0 Å². The van der Waals surface area contributed by atoms with Crippen molar-refractivity contribution in [3.05, 3.63) is 179 Å². The van der Waals surface area contributed by atoms with Crippen LogP contribution in [0.2, 0.25) is 0 Å². The highest BCUT2D eigenvalue weighted by molar-refractivity contribution is 6.17. The van der Waals surface area contributed by atoms with E-state index in [1.165, 1.54) is 33.4 Å². The molecular weight excluding hydrogens is 524 g/mol. The van der Waals surface area contributed by atoms with Gasteiger partial charge in [0.1, 0.15) is 5.84 Å². The summed E-state index contributed by atoms with van der Waals surface area (Å²) < 4.78 is 1.93. The molecule has 0 amide bonds. The van der Waals surface area contributed by atoms with E-state index in [0.29, 0.717) is 5.84 Å². The molecule has 1 aliphatic carbocycles. The Labute approximate surface area is 249 Å². The lowest BCUT2D eigenvalue weighted by atomic mass is 9.67. The number of benzene rings is 6.